The predicted molar refractivity (Wildman–Crippen MR) is 112 cm³/mol. The number of hydrogen-bond donors (Lipinski definition) is 1. The van der Waals surface area contributed by atoms with Crippen LogP contribution in [0.15, 0.2) is 72.9 Å². The second kappa shape index (κ2) is 8.78. The van der Waals surface area contributed by atoms with E-state index in [2.05, 4.69) is 70.8 Å². The van der Waals surface area contributed by atoms with Gasteiger partial charge in [-0.2, -0.15) is 0 Å². The largest absolute Gasteiger partial charge is 0.373 e. The van der Waals surface area contributed by atoms with Gasteiger partial charge in [0, 0.05) is 30.5 Å². The summed E-state index contributed by atoms with van der Waals surface area (Å²) < 4.78 is 5.77. The monoisotopic (exact) mass is 372 g/mol. The molecular weight excluding hydrogens is 348 g/mol. The van der Waals surface area contributed by atoms with Gasteiger partial charge in [0.25, 0.3) is 0 Å². The molecule has 0 amide bonds. The van der Waals surface area contributed by atoms with E-state index in [1.165, 1.54) is 5.56 Å². The molecule has 5 nitrogen and oxygen atoms in total. The van der Waals surface area contributed by atoms with Gasteiger partial charge in [-0.25, -0.2) is 9.97 Å². The van der Waals surface area contributed by atoms with Crippen molar-refractivity contribution in [1.29, 1.82) is 0 Å². The summed E-state index contributed by atoms with van der Waals surface area (Å²) in [6.45, 7) is 2.93. The number of ether oxygens (including phenoxy) is 1. The van der Waals surface area contributed by atoms with Gasteiger partial charge in [0.2, 0.25) is 5.95 Å². The second-order valence-electron chi connectivity index (χ2n) is 6.97. The van der Waals surface area contributed by atoms with Crippen molar-refractivity contribution in [3.05, 3.63) is 84.1 Å². The third kappa shape index (κ3) is 4.82. The Bertz CT molecular complexity index is 970. The average Bonchev–Trinajstić information content (AvgIpc) is 2.71. The molecule has 0 saturated heterocycles. The van der Waals surface area contributed by atoms with E-state index in [9.17, 15) is 0 Å². The number of nitrogens with zero attached hydrogens (tertiary/aromatic N) is 3. The lowest BCUT2D eigenvalue weighted by Gasteiger charge is -2.15. The Kier molecular flexibility index (Phi) is 5.75. The fourth-order valence-corrected chi connectivity index (χ4v) is 3.22. The Morgan fingerprint density at radius 2 is 1.89 bits per heavy atom. The highest BCUT2D eigenvalue weighted by Gasteiger charge is 2.06. The van der Waals surface area contributed by atoms with Crippen LogP contribution in [0.5, 0.6) is 0 Å². The Morgan fingerprint density at radius 1 is 1.00 bits per heavy atom. The molecular formula is C23H24N4O. The average molecular weight is 372 g/mol. The molecule has 1 aliphatic rings. The summed E-state index contributed by atoms with van der Waals surface area (Å²) in [5, 5.41) is 3.30. The van der Waals surface area contributed by atoms with Crippen molar-refractivity contribution in [2.24, 2.45) is 0 Å². The molecule has 0 fully saturated rings. The third-order valence-corrected chi connectivity index (χ3v) is 4.58. The molecule has 0 saturated carbocycles. The van der Waals surface area contributed by atoms with Gasteiger partial charge in [0.15, 0.2) is 0 Å². The van der Waals surface area contributed by atoms with Gasteiger partial charge in [0.05, 0.1) is 18.9 Å². The zero-order valence-electron chi connectivity index (χ0n) is 16.0. The van der Waals surface area contributed by atoms with Crippen LogP contribution in [0, 0.1) is 0 Å². The molecule has 142 valence electrons. The molecule has 5 heteroatoms. The van der Waals surface area contributed by atoms with Gasteiger partial charge in [-0.15, -0.1) is 0 Å². The highest BCUT2D eigenvalue weighted by molar-refractivity contribution is 5.63. The molecule has 1 aromatic heterocycles. The fraction of sp³-hybridized carbons (Fsp3) is 0.217. The molecule has 6 bridgehead atoms. The Morgan fingerprint density at radius 3 is 2.86 bits per heavy atom. The van der Waals surface area contributed by atoms with Crippen LogP contribution in [0.25, 0.3) is 11.3 Å². The van der Waals surface area contributed by atoms with Crippen LogP contribution in [0.4, 0.5) is 11.6 Å². The highest BCUT2D eigenvalue weighted by Crippen LogP contribution is 2.22. The molecule has 4 rings (SSSR count). The topological polar surface area (TPSA) is 50.3 Å². The molecule has 2 aromatic carbocycles. The maximum Gasteiger partial charge on any atom is 0.227 e. The first-order valence-corrected chi connectivity index (χ1v) is 9.46. The standard InChI is InChI=1S/C23H24N4O/c1-27-12-2-3-13-28-17-19-7-5-9-21(15-19)25-23-24-11-10-22(26-23)20-8-4-6-18(14-20)16-27/h2-11,14-15H,12-13,16-17H2,1H3,(H,24,25,26)/b3-2-. The fourth-order valence-electron chi connectivity index (χ4n) is 3.22. The molecule has 1 N–H and O–H groups in total. The minimum atomic E-state index is 0.571. The molecule has 2 heterocycles. The minimum Gasteiger partial charge on any atom is -0.373 e. The van der Waals surface area contributed by atoms with Crippen molar-refractivity contribution in [1.82, 2.24) is 14.9 Å². The molecule has 28 heavy (non-hydrogen) atoms. The van der Waals surface area contributed by atoms with E-state index in [1.807, 2.05) is 18.2 Å². The maximum absolute atomic E-state index is 5.77. The first-order valence-electron chi connectivity index (χ1n) is 9.46. The third-order valence-electron chi connectivity index (χ3n) is 4.58. The number of anilines is 2. The van der Waals surface area contributed by atoms with Crippen molar-refractivity contribution in [3.63, 3.8) is 0 Å². The normalized spacial score (nSPS) is 16.5. The quantitative estimate of drug-likeness (QED) is 0.593. The van der Waals surface area contributed by atoms with Gasteiger partial charge < -0.3 is 10.1 Å². The van der Waals surface area contributed by atoms with Gasteiger partial charge in [0.1, 0.15) is 0 Å². The highest BCUT2D eigenvalue weighted by atomic mass is 16.5. The Hall–Kier alpha value is -3.02. The van der Waals surface area contributed by atoms with Gasteiger partial charge in [-0.1, -0.05) is 42.5 Å². The zero-order chi connectivity index (χ0) is 19.2. The molecule has 1 aliphatic heterocycles. The summed E-state index contributed by atoms with van der Waals surface area (Å²) in [5.74, 6) is 0.585. The van der Waals surface area contributed by atoms with Gasteiger partial charge in [-0.05, 0) is 42.4 Å². The summed E-state index contributed by atoms with van der Waals surface area (Å²) in [4.78, 5) is 11.4. The molecule has 0 unspecified atom stereocenters. The summed E-state index contributed by atoms with van der Waals surface area (Å²) in [7, 11) is 2.12. The summed E-state index contributed by atoms with van der Waals surface area (Å²) in [6, 6.07) is 18.6. The van der Waals surface area contributed by atoms with Crippen molar-refractivity contribution < 1.29 is 4.74 Å². The van der Waals surface area contributed by atoms with E-state index in [-0.39, 0.29) is 0 Å². The SMILES string of the molecule is CN1C/C=C\COCc2cccc(c2)Nc2nccc(n2)-c2cccc(c2)C1. The minimum absolute atomic E-state index is 0.571. The lowest BCUT2D eigenvalue weighted by atomic mass is 10.1. The molecule has 0 aliphatic carbocycles. The van der Waals surface area contributed by atoms with E-state index in [0.29, 0.717) is 19.2 Å². The molecule has 3 aromatic rings. The number of benzene rings is 2. The number of rotatable bonds is 0. The van der Waals surface area contributed by atoms with E-state index >= 15 is 0 Å². The predicted octanol–water partition coefficient (Wildman–Crippen LogP) is 4.41. The molecule has 0 spiro atoms. The number of nitrogens with one attached hydrogen (secondary N) is 1. The van der Waals surface area contributed by atoms with Crippen molar-refractivity contribution in [2.75, 3.05) is 25.5 Å². The first-order chi connectivity index (χ1) is 13.8. The second-order valence-corrected chi connectivity index (χ2v) is 6.97. The number of aromatic nitrogens is 2. The van der Waals surface area contributed by atoms with Crippen LogP contribution in [-0.2, 0) is 17.9 Å². The van der Waals surface area contributed by atoms with Gasteiger partial charge >= 0.3 is 0 Å². The zero-order valence-corrected chi connectivity index (χ0v) is 16.0. The lowest BCUT2D eigenvalue weighted by molar-refractivity contribution is 0.148. The van der Waals surface area contributed by atoms with Crippen molar-refractivity contribution >= 4 is 11.6 Å². The van der Waals surface area contributed by atoms with E-state index in [4.69, 9.17) is 9.72 Å². The lowest BCUT2D eigenvalue weighted by Crippen LogP contribution is -2.17. The van der Waals surface area contributed by atoms with Crippen molar-refractivity contribution in [2.45, 2.75) is 13.2 Å². The van der Waals surface area contributed by atoms with E-state index < -0.39 is 0 Å². The number of likely N-dealkylation sites (N-methyl/N-ethyl adjacent to an activating group) is 1. The maximum atomic E-state index is 5.77. The first kappa shape index (κ1) is 18.3. The van der Waals surface area contributed by atoms with Crippen LogP contribution < -0.4 is 5.32 Å². The number of fused-ring (bicyclic) bond motifs is 7. The van der Waals surface area contributed by atoms with E-state index in [1.54, 1.807) is 6.20 Å². The molecule has 0 radical (unpaired) electrons. The van der Waals surface area contributed by atoms with Crippen LogP contribution >= 0.6 is 0 Å². The smallest absolute Gasteiger partial charge is 0.227 e. The van der Waals surface area contributed by atoms with Crippen LogP contribution in [0.1, 0.15) is 11.1 Å². The van der Waals surface area contributed by atoms with Crippen molar-refractivity contribution in [3.8, 4) is 11.3 Å². The summed E-state index contributed by atoms with van der Waals surface area (Å²) in [6.07, 6.45) is 6.03. The van der Waals surface area contributed by atoms with Crippen LogP contribution in [-0.4, -0.2) is 35.1 Å². The van der Waals surface area contributed by atoms with Gasteiger partial charge in [-0.3, -0.25) is 4.90 Å². The Balaban J connectivity index is 1.67. The van der Waals surface area contributed by atoms with E-state index in [0.717, 1.165) is 35.6 Å². The Labute approximate surface area is 165 Å². The molecule has 0 atom stereocenters. The summed E-state index contributed by atoms with van der Waals surface area (Å²) in [5.41, 5.74) is 5.31. The number of hydrogen-bond acceptors (Lipinski definition) is 5. The van der Waals surface area contributed by atoms with Crippen LogP contribution in [0.3, 0.4) is 0 Å². The van der Waals surface area contributed by atoms with Crippen LogP contribution in [0.2, 0.25) is 0 Å². The summed E-state index contributed by atoms with van der Waals surface area (Å²) >= 11 is 0.